The molecule has 106 valence electrons. The minimum Gasteiger partial charge on any atom is -0.368 e. The summed E-state index contributed by atoms with van der Waals surface area (Å²) >= 11 is 3.34. The molecule has 0 heterocycles. The van der Waals surface area contributed by atoms with E-state index in [9.17, 15) is 9.59 Å². The summed E-state index contributed by atoms with van der Waals surface area (Å²) in [4.78, 5) is 23.6. The predicted octanol–water partition coefficient (Wildman–Crippen LogP) is 2.45. The molecule has 0 fully saturated rings. The summed E-state index contributed by atoms with van der Waals surface area (Å²) in [5.74, 6) is -0.435. The topological polar surface area (TPSA) is 72.2 Å². The normalized spacial score (nSPS) is 18.8. The van der Waals surface area contributed by atoms with Crippen LogP contribution in [0.2, 0.25) is 0 Å². The Morgan fingerprint density at radius 2 is 2.25 bits per heavy atom. The molecule has 0 aliphatic heterocycles. The first-order valence-corrected chi connectivity index (χ1v) is 7.36. The third-order valence-electron chi connectivity index (χ3n) is 3.33. The van der Waals surface area contributed by atoms with Crippen LogP contribution in [-0.2, 0) is 9.59 Å². The second-order valence-electron chi connectivity index (χ2n) is 4.93. The largest absolute Gasteiger partial charge is 0.368 e. The van der Waals surface area contributed by atoms with E-state index in [4.69, 9.17) is 5.73 Å². The molecule has 1 aromatic rings. The molecule has 0 radical (unpaired) electrons. The first-order valence-electron chi connectivity index (χ1n) is 6.57. The molecule has 1 aromatic carbocycles. The van der Waals surface area contributed by atoms with Crippen molar-refractivity contribution in [1.29, 1.82) is 0 Å². The van der Waals surface area contributed by atoms with Crippen LogP contribution in [0.1, 0.15) is 30.9 Å². The van der Waals surface area contributed by atoms with Crippen molar-refractivity contribution in [2.45, 2.75) is 25.3 Å². The molecule has 5 heteroatoms. The summed E-state index contributed by atoms with van der Waals surface area (Å²) in [6.45, 7) is 0. The van der Waals surface area contributed by atoms with Crippen molar-refractivity contribution >= 4 is 27.7 Å². The lowest BCUT2D eigenvalue weighted by atomic mass is 10.0. The van der Waals surface area contributed by atoms with E-state index in [0.717, 1.165) is 17.3 Å². The number of allylic oxidation sites excluding steroid dienone is 2. The monoisotopic (exact) mass is 336 g/mol. The van der Waals surface area contributed by atoms with E-state index in [1.807, 2.05) is 6.07 Å². The molecule has 1 aliphatic rings. The number of primary amides is 1. The van der Waals surface area contributed by atoms with E-state index in [1.165, 1.54) is 0 Å². The third kappa shape index (κ3) is 3.93. The fourth-order valence-electron chi connectivity index (χ4n) is 2.33. The van der Waals surface area contributed by atoms with Gasteiger partial charge >= 0.3 is 0 Å². The number of nitrogens with one attached hydrogen (secondary N) is 1. The van der Waals surface area contributed by atoms with Crippen molar-refractivity contribution in [3.8, 4) is 0 Å². The maximum Gasteiger partial charge on any atom is 0.244 e. The molecule has 0 bridgehead atoms. The van der Waals surface area contributed by atoms with Gasteiger partial charge in [-0.25, -0.2) is 0 Å². The molecule has 0 unspecified atom stereocenters. The van der Waals surface area contributed by atoms with Gasteiger partial charge in [-0.3, -0.25) is 9.59 Å². The second-order valence-corrected chi connectivity index (χ2v) is 5.84. The van der Waals surface area contributed by atoms with Crippen LogP contribution in [0.15, 0.2) is 40.9 Å². The number of halogens is 1. The molecule has 0 saturated heterocycles. The van der Waals surface area contributed by atoms with Crippen molar-refractivity contribution in [2.24, 2.45) is 11.7 Å². The van der Waals surface area contributed by atoms with Gasteiger partial charge in [-0.05, 0) is 36.5 Å². The molecule has 0 aromatic heterocycles. The van der Waals surface area contributed by atoms with Crippen LogP contribution in [0.5, 0.6) is 0 Å². The highest BCUT2D eigenvalue weighted by Crippen LogP contribution is 2.22. The third-order valence-corrected chi connectivity index (χ3v) is 3.83. The zero-order valence-electron chi connectivity index (χ0n) is 11.0. The molecule has 20 heavy (non-hydrogen) atoms. The maximum absolute atomic E-state index is 12.0. The van der Waals surface area contributed by atoms with Gasteiger partial charge in [-0.15, -0.1) is 0 Å². The average molecular weight is 337 g/mol. The van der Waals surface area contributed by atoms with E-state index in [1.54, 1.807) is 18.2 Å². The Kier molecular flexibility index (Phi) is 4.95. The predicted molar refractivity (Wildman–Crippen MR) is 80.7 cm³/mol. The van der Waals surface area contributed by atoms with Gasteiger partial charge in [-0.1, -0.05) is 40.2 Å². The van der Waals surface area contributed by atoms with E-state index in [2.05, 4.69) is 33.4 Å². The Bertz CT molecular complexity index is 542. The fourth-order valence-corrected chi connectivity index (χ4v) is 2.75. The Labute approximate surface area is 126 Å². The fraction of sp³-hybridized carbons (Fsp3) is 0.333. The van der Waals surface area contributed by atoms with Crippen LogP contribution in [0, 0.1) is 5.92 Å². The lowest BCUT2D eigenvalue weighted by Crippen LogP contribution is -2.38. The lowest BCUT2D eigenvalue weighted by Gasteiger charge is -2.17. The van der Waals surface area contributed by atoms with Crippen molar-refractivity contribution in [3.05, 3.63) is 46.5 Å². The maximum atomic E-state index is 12.0. The molecule has 2 atom stereocenters. The van der Waals surface area contributed by atoms with E-state index < -0.39 is 11.9 Å². The molecular weight excluding hydrogens is 320 g/mol. The summed E-state index contributed by atoms with van der Waals surface area (Å²) in [7, 11) is 0. The van der Waals surface area contributed by atoms with Crippen LogP contribution >= 0.6 is 15.9 Å². The molecule has 0 spiro atoms. The molecule has 0 saturated carbocycles. The van der Waals surface area contributed by atoms with Crippen molar-refractivity contribution in [2.75, 3.05) is 0 Å². The quantitative estimate of drug-likeness (QED) is 0.810. The Morgan fingerprint density at radius 1 is 1.45 bits per heavy atom. The van der Waals surface area contributed by atoms with Gasteiger partial charge in [0, 0.05) is 10.9 Å². The Hall–Kier alpha value is -1.62. The van der Waals surface area contributed by atoms with E-state index in [0.29, 0.717) is 12.0 Å². The molecule has 3 N–H and O–H groups in total. The molecule has 1 aliphatic carbocycles. The van der Waals surface area contributed by atoms with Crippen LogP contribution in [0.3, 0.4) is 0 Å². The van der Waals surface area contributed by atoms with Gasteiger partial charge in [0.25, 0.3) is 0 Å². The number of rotatable bonds is 5. The van der Waals surface area contributed by atoms with Crippen LogP contribution in [0.4, 0.5) is 0 Å². The molecule has 4 nitrogen and oxygen atoms in total. The van der Waals surface area contributed by atoms with Gasteiger partial charge in [-0.2, -0.15) is 0 Å². The summed E-state index contributed by atoms with van der Waals surface area (Å²) in [5, 5.41) is 2.72. The first-order chi connectivity index (χ1) is 9.56. The minimum absolute atomic E-state index is 0.148. The van der Waals surface area contributed by atoms with Crippen molar-refractivity contribution < 1.29 is 9.59 Å². The number of nitrogens with two attached hydrogens (primary N) is 1. The first kappa shape index (κ1) is 14.8. The summed E-state index contributed by atoms with van der Waals surface area (Å²) < 4.78 is 0.842. The van der Waals surface area contributed by atoms with Crippen LogP contribution < -0.4 is 11.1 Å². The highest BCUT2D eigenvalue weighted by atomic mass is 79.9. The van der Waals surface area contributed by atoms with Crippen LogP contribution in [0.25, 0.3) is 0 Å². The highest BCUT2D eigenvalue weighted by molar-refractivity contribution is 9.10. The SMILES string of the molecule is NC(=O)[C@@H](NC(=O)C[C@H]1C=CCC1)c1cccc(Br)c1. The smallest absolute Gasteiger partial charge is 0.244 e. The summed E-state index contributed by atoms with van der Waals surface area (Å²) in [6.07, 6.45) is 6.54. The van der Waals surface area contributed by atoms with Gasteiger partial charge in [0.15, 0.2) is 0 Å². The standard InChI is InChI=1S/C15H17BrN2O2/c16-12-7-3-6-11(9-12)14(15(17)20)18-13(19)8-10-4-1-2-5-10/h1,3-4,6-7,9-10,14H,2,5,8H2,(H2,17,20)(H,18,19)/t10-,14-/m0/s1. The molecule has 2 rings (SSSR count). The average Bonchev–Trinajstić information content (AvgIpc) is 2.88. The minimum atomic E-state index is -0.787. The zero-order chi connectivity index (χ0) is 14.5. The number of carbonyl (C=O) groups is 2. The zero-order valence-corrected chi connectivity index (χ0v) is 12.6. The second kappa shape index (κ2) is 6.70. The van der Waals surface area contributed by atoms with Crippen LogP contribution in [-0.4, -0.2) is 11.8 Å². The van der Waals surface area contributed by atoms with E-state index >= 15 is 0 Å². The van der Waals surface area contributed by atoms with Gasteiger partial charge in [0.1, 0.15) is 6.04 Å². The number of carbonyl (C=O) groups excluding carboxylic acids is 2. The van der Waals surface area contributed by atoms with E-state index in [-0.39, 0.29) is 11.8 Å². The Morgan fingerprint density at radius 3 is 2.85 bits per heavy atom. The van der Waals surface area contributed by atoms with Crippen molar-refractivity contribution in [1.82, 2.24) is 5.32 Å². The van der Waals surface area contributed by atoms with Gasteiger partial charge in [0.2, 0.25) is 11.8 Å². The number of benzene rings is 1. The highest BCUT2D eigenvalue weighted by Gasteiger charge is 2.22. The summed E-state index contributed by atoms with van der Waals surface area (Å²) in [6, 6.07) is 6.43. The number of hydrogen-bond donors (Lipinski definition) is 2. The van der Waals surface area contributed by atoms with Gasteiger partial charge in [0.05, 0.1) is 0 Å². The molecule has 2 amide bonds. The molecular formula is C15H17BrN2O2. The number of hydrogen-bond acceptors (Lipinski definition) is 2. The van der Waals surface area contributed by atoms with Gasteiger partial charge < -0.3 is 11.1 Å². The summed E-state index contributed by atoms with van der Waals surface area (Å²) in [5.41, 5.74) is 6.07. The number of amides is 2. The van der Waals surface area contributed by atoms with Crippen molar-refractivity contribution in [3.63, 3.8) is 0 Å². The Balaban J connectivity index is 2.04. The lowest BCUT2D eigenvalue weighted by molar-refractivity contribution is -0.127.